The fourth-order valence-electron chi connectivity index (χ4n) is 2.12. The first kappa shape index (κ1) is 10.6. The van der Waals surface area contributed by atoms with Gasteiger partial charge in [0.05, 0.1) is 0 Å². The van der Waals surface area contributed by atoms with Crippen LogP contribution in [0.2, 0.25) is 0 Å². The Bertz CT molecular complexity index is 326. The molecule has 0 spiro atoms. The molecule has 0 atom stereocenters. The fourth-order valence-corrected chi connectivity index (χ4v) is 2.12. The SMILES string of the molecule is CCN1CCC(C)(c2nc(C)no2)CC1. The van der Waals surface area contributed by atoms with Crippen LogP contribution < -0.4 is 0 Å². The van der Waals surface area contributed by atoms with Crippen LogP contribution >= 0.6 is 0 Å². The molecule has 1 aromatic rings. The molecule has 0 aliphatic carbocycles. The Kier molecular flexibility index (Phi) is 2.78. The average molecular weight is 209 g/mol. The number of likely N-dealkylation sites (tertiary alicyclic amines) is 1. The summed E-state index contributed by atoms with van der Waals surface area (Å²) in [5.41, 5.74) is 0.0902. The Morgan fingerprint density at radius 2 is 2.07 bits per heavy atom. The molecule has 84 valence electrons. The van der Waals surface area contributed by atoms with Crippen LogP contribution in [0.1, 0.15) is 38.4 Å². The van der Waals surface area contributed by atoms with Crippen LogP contribution in [-0.2, 0) is 5.41 Å². The van der Waals surface area contributed by atoms with Gasteiger partial charge in [0.2, 0.25) is 5.89 Å². The van der Waals surface area contributed by atoms with E-state index in [1.54, 1.807) is 0 Å². The molecule has 2 heterocycles. The lowest BCUT2D eigenvalue weighted by atomic mass is 9.80. The summed E-state index contributed by atoms with van der Waals surface area (Å²) in [5, 5.41) is 3.88. The Balaban J connectivity index is 2.09. The molecular weight excluding hydrogens is 190 g/mol. The highest BCUT2D eigenvalue weighted by molar-refractivity contribution is 5.05. The molecule has 2 rings (SSSR count). The van der Waals surface area contributed by atoms with Crippen molar-refractivity contribution in [1.29, 1.82) is 0 Å². The smallest absolute Gasteiger partial charge is 0.232 e. The van der Waals surface area contributed by atoms with Gasteiger partial charge in [-0.05, 0) is 39.4 Å². The predicted octanol–water partition coefficient (Wildman–Crippen LogP) is 1.75. The van der Waals surface area contributed by atoms with Crippen LogP contribution in [0.15, 0.2) is 4.52 Å². The molecule has 1 fully saturated rings. The van der Waals surface area contributed by atoms with Gasteiger partial charge in [-0.1, -0.05) is 19.0 Å². The lowest BCUT2D eigenvalue weighted by Crippen LogP contribution is -2.40. The van der Waals surface area contributed by atoms with E-state index in [-0.39, 0.29) is 5.41 Å². The average Bonchev–Trinajstić information content (AvgIpc) is 2.67. The van der Waals surface area contributed by atoms with E-state index in [0.29, 0.717) is 0 Å². The van der Waals surface area contributed by atoms with E-state index in [0.717, 1.165) is 44.2 Å². The topological polar surface area (TPSA) is 42.2 Å². The molecule has 0 aromatic carbocycles. The predicted molar refractivity (Wildman–Crippen MR) is 57.7 cm³/mol. The summed E-state index contributed by atoms with van der Waals surface area (Å²) >= 11 is 0. The minimum Gasteiger partial charge on any atom is -0.339 e. The minimum atomic E-state index is 0.0902. The van der Waals surface area contributed by atoms with Gasteiger partial charge in [0, 0.05) is 5.41 Å². The van der Waals surface area contributed by atoms with Crippen molar-refractivity contribution in [3.05, 3.63) is 11.7 Å². The summed E-state index contributed by atoms with van der Waals surface area (Å²) in [7, 11) is 0. The number of hydrogen-bond acceptors (Lipinski definition) is 4. The van der Waals surface area contributed by atoms with Gasteiger partial charge in [0.1, 0.15) is 0 Å². The number of hydrogen-bond donors (Lipinski definition) is 0. The van der Waals surface area contributed by atoms with E-state index < -0.39 is 0 Å². The molecule has 4 heteroatoms. The highest BCUT2D eigenvalue weighted by Crippen LogP contribution is 2.33. The Labute approximate surface area is 90.7 Å². The molecule has 0 saturated carbocycles. The zero-order valence-electron chi connectivity index (χ0n) is 9.79. The van der Waals surface area contributed by atoms with Gasteiger partial charge in [0.15, 0.2) is 5.82 Å². The Morgan fingerprint density at radius 3 is 2.53 bits per heavy atom. The summed E-state index contributed by atoms with van der Waals surface area (Å²) in [5.74, 6) is 1.56. The van der Waals surface area contributed by atoms with Crippen molar-refractivity contribution in [2.75, 3.05) is 19.6 Å². The van der Waals surface area contributed by atoms with Gasteiger partial charge in [0.25, 0.3) is 0 Å². The minimum absolute atomic E-state index is 0.0902. The normalized spacial score (nSPS) is 21.8. The summed E-state index contributed by atoms with van der Waals surface area (Å²) < 4.78 is 5.30. The van der Waals surface area contributed by atoms with Gasteiger partial charge in [-0.2, -0.15) is 4.98 Å². The maximum Gasteiger partial charge on any atom is 0.232 e. The van der Waals surface area contributed by atoms with Crippen LogP contribution in [0, 0.1) is 6.92 Å². The van der Waals surface area contributed by atoms with Crippen molar-refractivity contribution < 1.29 is 4.52 Å². The van der Waals surface area contributed by atoms with Crippen LogP contribution in [0.5, 0.6) is 0 Å². The Hall–Kier alpha value is -0.900. The molecule has 0 radical (unpaired) electrons. The van der Waals surface area contributed by atoms with Gasteiger partial charge in [-0.25, -0.2) is 0 Å². The highest BCUT2D eigenvalue weighted by atomic mass is 16.5. The first-order chi connectivity index (χ1) is 7.14. The van der Waals surface area contributed by atoms with Crippen LogP contribution in [0.25, 0.3) is 0 Å². The number of rotatable bonds is 2. The maximum absolute atomic E-state index is 5.30. The maximum atomic E-state index is 5.30. The fraction of sp³-hybridized carbons (Fsp3) is 0.818. The summed E-state index contributed by atoms with van der Waals surface area (Å²) in [6.45, 7) is 9.71. The van der Waals surface area contributed by atoms with E-state index in [1.807, 2.05) is 6.92 Å². The molecule has 1 aromatic heterocycles. The second kappa shape index (κ2) is 3.93. The lowest BCUT2D eigenvalue weighted by Gasteiger charge is -2.36. The molecule has 0 bridgehead atoms. The standard InChI is InChI=1S/C11H19N3O/c1-4-14-7-5-11(3,6-8-14)10-12-9(2)13-15-10/h4-8H2,1-3H3. The monoisotopic (exact) mass is 209 g/mol. The van der Waals surface area contributed by atoms with Crippen molar-refractivity contribution >= 4 is 0 Å². The number of piperidine rings is 1. The van der Waals surface area contributed by atoms with Crippen LogP contribution in [0.3, 0.4) is 0 Å². The van der Waals surface area contributed by atoms with E-state index in [4.69, 9.17) is 4.52 Å². The molecule has 0 unspecified atom stereocenters. The van der Waals surface area contributed by atoms with Crippen molar-refractivity contribution in [2.45, 2.75) is 39.0 Å². The first-order valence-electron chi connectivity index (χ1n) is 5.67. The molecule has 1 saturated heterocycles. The second-order valence-electron chi connectivity index (χ2n) is 4.64. The molecule has 1 aliphatic rings. The second-order valence-corrected chi connectivity index (χ2v) is 4.64. The summed E-state index contributed by atoms with van der Waals surface area (Å²) in [6.07, 6.45) is 2.23. The molecule has 0 N–H and O–H groups in total. The third-order valence-corrected chi connectivity index (χ3v) is 3.45. The largest absolute Gasteiger partial charge is 0.339 e. The lowest BCUT2D eigenvalue weighted by molar-refractivity contribution is 0.148. The Morgan fingerprint density at radius 1 is 1.40 bits per heavy atom. The quantitative estimate of drug-likeness (QED) is 0.744. The van der Waals surface area contributed by atoms with Crippen molar-refractivity contribution in [3.8, 4) is 0 Å². The van der Waals surface area contributed by atoms with Crippen LogP contribution in [-0.4, -0.2) is 34.7 Å². The summed E-state index contributed by atoms with van der Waals surface area (Å²) in [4.78, 5) is 6.82. The zero-order chi connectivity index (χ0) is 10.9. The van der Waals surface area contributed by atoms with Gasteiger partial charge < -0.3 is 9.42 Å². The zero-order valence-corrected chi connectivity index (χ0v) is 9.79. The number of nitrogens with zero attached hydrogens (tertiary/aromatic N) is 3. The molecular formula is C11H19N3O. The van der Waals surface area contributed by atoms with E-state index in [2.05, 4.69) is 28.9 Å². The number of aryl methyl sites for hydroxylation is 1. The van der Waals surface area contributed by atoms with Gasteiger partial charge in [-0.3, -0.25) is 0 Å². The van der Waals surface area contributed by atoms with Crippen molar-refractivity contribution in [1.82, 2.24) is 15.0 Å². The summed E-state index contributed by atoms with van der Waals surface area (Å²) in [6, 6.07) is 0. The van der Waals surface area contributed by atoms with E-state index in [9.17, 15) is 0 Å². The third kappa shape index (κ3) is 2.04. The van der Waals surface area contributed by atoms with E-state index >= 15 is 0 Å². The molecule has 15 heavy (non-hydrogen) atoms. The van der Waals surface area contributed by atoms with Crippen LogP contribution in [0.4, 0.5) is 0 Å². The van der Waals surface area contributed by atoms with Crippen molar-refractivity contribution in [3.63, 3.8) is 0 Å². The van der Waals surface area contributed by atoms with E-state index in [1.165, 1.54) is 0 Å². The third-order valence-electron chi connectivity index (χ3n) is 3.45. The van der Waals surface area contributed by atoms with Gasteiger partial charge in [-0.15, -0.1) is 0 Å². The molecule has 4 nitrogen and oxygen atoms in total. The first-order valence-corrected chi connectivity index (χ1v) is 5.67. The highest BCUT2D eigenvalue weighted by Gasteiger charge is 2.36. The van der Waals surface area contributed by atoms with Crippen molar-refractivity contribution in [2.24, 2.45) is 0 Å². The molecule has 0 amide bonds. The molecule has 1 aliphatic heterocycles. The van der Waals surface area contributed by atoms with Gasteiger partial charge >= 0.3 is 0 Å². The number of aromatic nitrogens is 2.